The lowest BCUT2D eigenvalue weighted by atomic mass is 10.0. The molecule has 1 saturated heterocycles. The average Bonchev–Trinajstić information content (AvgIpc) is 3.34. The van der Waals surface area contributed by atoms with Gasteiger partial charge in [0.1, 0.15) is 0 Å². The molecule has 3 heterocycles. The zero-order valence-corrected chi connectivity index (χ0v) is 19.7. The number of halogens is 6. The number of aliphatic carboxylic acids is 2. The van der Waals surface area contributed by atoms with E-state index in [1.54, 1.807) is 0 Å². The Kier molecular flexibility index (Phi) is 11.3. The molecule has 15 heteroatoms. The first-order valence-corrected chi connectivity index (χ1v) is 10.4. The van der Waals surface area contributed by atoms with Crippen LogP contribution in [0.1, 0.15) is 17.7 Å². The third kappa shape index (κ3) is 10.6. The van der Waals surface area contributed by atoms with Crippen molar-refractivity contribution in [2.45, 2.75) is 43.8 Å². The smallest absolute Gasteiger partial charge is 0.475 e. The number of nitrogens with zero attached hydrogens (tertiary/aromatic N) is 5. The molecular weight excluding hydrogens is 500 g/mol. The predicted octanol–water partition coefficient (Wildman–Crippen LogP) is 2.83. The third-order valence-corrected chi connectivity index (χ3v) is 5.07. The van der Waals surface area contributed by atoms with Crippen molar-refractivity contribution < 1.29 is 46.1 Å². The van der Waals surface area contributed by atoms with Crippen LogP contribution in [0.3, 0.4) is 0 Å². The van der Waals surface area contributed by atoms with Crippen molar-refractivity contribution in [3.63, 3.8) is 0 Å². The predicted molar refractivity (Wildman–Crippen MR) is 115 cm³/mol. The molecule has 0 aromatic carbocycles. The standard InChI is InChI=1S/C17H25N5.2C2HF3O2/c1-20(2)16-7-9-22(13-15-6-4-5-8-18-15)17(16)10-14-11-19-21(3)12-14;2*3-2(4,5)1(6)7/h4-6,8,11-12,16-17H,7,9-10,13H2,1-3H3;2*(H,6,7)/t16-,17+;;/m1../s1. The van der Waals surface area contributed by atoms with E-state index in [-0.39, 0.29) is 0 Å². The lowest BCUT2D eigenvalue weighted by molar-refractivity contribution is -0.193. The monoisotopic (exact) mass is 527 g/mol. The van der Waals surface area contributed by atoms with Crippen molar-refractivity contribution in [3.05, 3.63) is 48.0 Å². The molecule has 1 aliphatic heterocycles. The first-order valence-electron chi connectivity index (χ1n) is 10.4. The van der Waals surface area contributed by atoms with Crippen LogP contribution < -0.4 is 0 Å². The Morgan fingerprint density at radius 3 is 2.03 bits per heavy atom. The van der Waals surface area contributed by atoms with Gasteiger partial charge in [0.15, 0.2) is 0 Å². The van der Waals surface area contributed by atoms with E-state index >= 15 is 0 Å². The second kappa shape index (κ2) is 13.2. The van der Waals surface area contributed by atoms with Crippen molar-refractivity contribution in [1.29, 1.82) is 0 Å². The summed E-state index contributed by atoms with van der Waals surface area (Å²) in [5, 5.41) is 18.6. The van der Waals surface area contributed by atoms with Crippen LogP contribution in [-0.2, 0) is 29.6 Å². The molecule has 0 bridgehead atoms. The quantitative estimate of drug-likeness (QED) is 0.572. The van der Waals surface area contributed by atoms with Gasteiger partial charge in [-0.3, -0.25) is 14.6 Å². The topological polar surface area (TPSA) is 112 Å². The van der Waals surface area contributed by atoms with E-state index in [0.29, 0.717) is 12.1 Å². The van der Waals surface area contributed by atoms with Crippen LogP contribution in [0, 0.1) is 0 Å². The van der Waals surface area contributed by atoms with Gasteiger partial charge in [0.25, 0.3) is 0 Å². The normalized spacial score (nSPS) is 18.2. The zero-order chi connectivity index (χ0) is 27.7. The molecule has 0 aliphatic carbocycles. The Bertz CT molecular complexity index is 942. The van der Waals surface area contributed by atoms with Crippen molar-refractivity contribution in [2.24, 2.45) is 7.05 Å². The fraction of sp³-hybridized carbons (Fsp3) is 0.524. The van der Waals surface area contributed by atoms with E-state index in [1.165, 1.54) is 12.0 Å². The highest BCUT2D eigenvalue weighted by atomic mass is 19.4. The number of hydrogen-bond acceptors (Lipinski definition) is 6. The van der Waals surface area contributed by atoms with Gasteiger partial charge in [0.2, 0.25) is 0 Å². The molecule has 1 fully saturated rings. The van der Waals surface area contributed by atoms with Crippen LogP contribution in [0.5, 0.6) is 0 Å². The van der Waals surface area contributed by atoms with E-state index in [1.807, 2.05) is 30.2 Å². The number of carbonyl (C=O) groups is 2. The summed E-state index contributed by atoms with van der Waals surface area (Å²) >= 11 is 0. The van der Waals surface area contributed by atoms with Gasteiger partial charge in [0.05, 0.1) is 11.9 Å². The van der Waals surface area contributed by atoms with Crippen molar-refractivity contribution in [1.82, 2.24) is 24.6 Å². The van der Waals surface area contributed by atoms with Crippen LogP contribution >= 0.6 is 0 Å². The number of hydrogen-bond donors (Lipinski definition) is 2. The van der Waals surface area contributed by atoms with E-state index in [4.69, 9.17) is 19.8 Å². The molecule has 1 aliphatic rings. The Balaban J connectivity index is 0.000000383. The summed E-state index contributed by atoms with van der Waals surface area (Å²) < 4.78 is 65.4. The second-order valence-electron chi connectivity index (χ2n) is 8.01. The largest absolute Gasteiger partial charge is 0.490 e. The van der Waals surface area contributed by atoms with Gasteiger partial charge < -0.3 is 15.1 Å². The minimum absolute atomic E-state index is 0.515. The van der Waals surface area contributed by atoms with Crippen LogP contribution in [0.25, 0.3) is 0 Å². The molecule has 9 nitrogen and oxygen atoms in total. The number of carboxylic acid groups (broad SMARTS) is 2. The summed E-state index contributed by atoms with van der Waals surface area (Å²) in [5.41, 5.74) is 2.46. The number of aromatic nitrogens is 3. The second-order valence-corrected chi connectivity index (χ2v) is 8.01. The number of pyridine rings is 1. The van der Waals surface area contributed by atoms with Gasteiger partial charge in [-0.2, -0.15) is 31.4 Å². The number of rotatable bonds is 5. The van der Waals surface area contributed by atoms with Crippen molar-refractivity contribution in [3.8, 4) is 0 Å². The van der Waals surface area contributed by atoms with Gasteiger partial charge in [-0.1, -0.05) is 6.07 Å². The molecule has 2 aromatic heterocycles. The third-order valence-electron chi connectivity index (χ3n) is 5.07. The van der Waals surface area contributed by atoms with Gasteiger partial charge in [-0.05, 0) is 44.6 Å². The maximum atomic E-state index is 10.6. The van der Waals surface area contributed by atoms with E-state index in [0.717, 1.165) is 25.2 Å². The highest BCUT2D eigenvalue weighted by Crippen LogP contribution is 2.26. The first kappa shape index (κ1) is 30.8. The van der Waals surface area contributed by atoms with Crippen LogP contribution in [0.2, 0.25) is 0 Å². The maximum absolute atomic E-state index is 10.6. The lowest BCUT2D eigenvalue weighted by Crippen LogP contribution is -2.43. The van der Waals surface area contributed by atoms with Gasteiger partial charge >= 0.3 is 24.3 Å². The SMILES string of the molecule is CN(C)[C@@H]1CCN(Cc2ccccn2)[C@H]1Cc1cnn(C)c1.O=C(O)C(F)(F)F.O=C(O)C(F)(F)F. The molecule has 3 rings (SSSR count). The van der Waals surface area contributed by atoms with E-state index in [2.05, 4.69) is 52.3 Å². The van der Waals surface area contributed by atoms with E-state index < -0.39 is 24.3 Å². The van der Waals surface area contributed by atoms with Gasteiger partial charge in [-0.15, -0.1) is 0 Å². The highest BCUT2D eigenvalue weighted by Gasteiger charge is 2.39. The summed E-state index contributed by atoms with van der Waals surface area (Å²) in [4.78, 5) is 27.2. The molecule has 0 saturated carbocycles. The average molecular weight is 527 g/mol. The van der Waals surface area contributed by atoms with Crippen molar-refractivity contribution >= 4 is 11.9 Å². The molecule has 0 amide bonds. The minimum atomic E-state index is -5.08. The van der Waals surface area contributed by atoms with Crippen LogP contribution in [0.15, 0.2) is 36.8 Å². The summed E-state index contributed by atoms with van der Waals surface area (Å²) in [6.45, 7) is 2.06. The molecular formula is C21H27F6N5O4. The summed E-state index contributed by atoms with van der Waals surface area (Å²) in [6.07, 6.45) is -1.91. The number of likely N-dealkylation sites (N-methyl/N-ethyl adjacent to an activating group) is 1. The Morgan fingerprint density at radius 1 is 1.08 bits per heavy atom. The van der Waals surface area contributed by atoms with Crippen LogP contribution in [-0.4, -0.2) is 91.8 Å². The lowest BCUT2D eigenvalue weighted by Gasteiger charge is -2.31. The highest BCUT2D eigenvalue weighted by molar-refractivity contribution is 5.73. The molecule has 202 valence electrons. The first-order chi connectivity index (χ1) is 16.5. The zero-order valence-electron chi connectivity index (χ0n) is 19.7. The fourth-order valence-electron chi connectivity index (χ4n) is 3.48. The fourth-order valence-corrected chi connectivity index (χ4v) is 3.48. The number of likely N-dealkylation sites (tertiary alicyclic amines) is 1. The molecule has 0 radical (unpaired) electrons. The van der Waals surface area contributed by atoms with Crippen LogP contribution in [0.4, 0.5) is 26.3 Å². The number of alkyl halides is 6. The van der Waals surface area contributed by atoms with Gasteiger partial charge in [-0.25, -0.2) is 9.59 Å². The van der Waals surface area contributed by atoms with E-state index in [9.17, 15) is 26.3 Å². The summed E-state index contributed by atoms with van der Waals surface area (Å²) in [7, 11) is 6.35. The number of aryl methyl sites for hydroxylation is 1. The van der Waals surface area contributed by atoms with Gasteiger partial charge in [0, 0.05) is 44.6 Å². The minimum Gasteiger partial charge on any atom is -0.475 e. The summed E-state index contributed by atoms with van der Waals surface area (Å²) in [6, 6.07) is 7.26. The maximum Gasteiger partial charge on any atom is 0.490 e. The molecule has 2 atom stereocenters. The number of carboxylic acids is 2. The Labute approximate surface area is 202 Å². The molecule has 2 aromatic rings. The van der Waals surface area contributed by atoms with Crippen molar-refractivity contribution in [2.75, 3.05) is 20.6 Å². The molecule has 2 N–H and O–H groups in total. The molecule has 0 unspecified atom stereocenters. The summed E-state index contributed by atoms with van der Waals surface area (Å²) in [5.74, 6) is -5.51. The Hall–Kier alpha value is -3.20. The molecule has 0 spiro atoms. The molecule has 36 heavy (non-hydrogen) atoms. The Morgan fingerprint density at radius 2 is 1.64 bits per heavy atom.